The summed E-state index contributed by atoms with van der Waals surface area (Å²) in [7, 11) is 0. The van der Waals surface area contributed by atoms with Crippen molar-refractivity contribution in [1.82, 2.24) is 4.90 Å². The summed E-state index contributed by atoms with van der Waals surface area (Å²) in [6.07, 6.45) is 3.53. The lowest BCUT2D eigenvalue weighted by atomic mass is 10.2. The van der Waals surface area contributed by atoms with E-state index in [1.165, 1.54) is 4.90 Å². The first-order valence-electron chi connectivity index (χ1n) is 8.27. The number of allylic oxidation sites excluding steroid dienone is 2. The molecule has 2 heterocycles. The second-order valence-corrected chi connectivity index (χ2v) is 8.32. The highest BCUT2D eigenvalue weighted by Crippen LogP contribution is 2.39. The Morgan fingerprint density at radius 3 is 2.64 bits per heavy atom. The number of imide groups is 1. The third-order valence-corrected chi connectivity index (χ3v) is 5.83. The van der Waals surface area contributed by atoms with Crippen LogP contribution < -0.4 is 9.47 Å². The van der Waals surface area contributed by atoms with Crippen molar-refractivity contribution in [2.75, 3.05) is 6.79 Å². The fourth-order valence-electron chi connectivity index (χ4n) is 2.76. The molecular formula is C20H13BrClNO4S. The SMILES string of the molecule is O=C1S/C(=C\C(Br)=C\c2ccccc2)C(=O)N1Cc1cc2c(cc1Cl)OCO2. The summed E-state index contributed by atoms with van der Waals surface area (Å²) in [4.78, 5) is 26.6. The molecule has 2 aromatic rings. The van der Waals surface area contributed by atoms with Crippen molar-refractivity contribution in [2.24, 2.45) is 0 Å². The van der Waals surface area contributed by atoms with Crippen molar-refractivity contribution in [3.63, 3.8) is 0 Å². The van der Waals surface area contributed by atoms with E-state index in [9.17, 15) is 9.59 Å². The van der Waals surface area contributed by atoms with E-state index in [2.05, 4.69) is 15.9 Å². The number of thioether (sulfide) groups is 1. The van der Waals surface area contributed by atoms with E-state index in [1.807, 2.05) is 36.4 Å². The van der Waals surface area contributed by atoms with Crippen LogP contribution in [-0.4, -0.2) is 22.8 Å². The van der Waals surface area contributed by atoms with Gasteiger partial charge in [0.05, 0.1) is 11.4 Å². The molecule has 2 amide bonds. The number of carbonyl (C=O) groups is 2. The second-order valence-electron chi connectivity index (χ2n) is 6.00. The molecule has 0 spiro atoms. The molecule has 2 aliphatic rings. The number of benzene rings is 2. The van der Waals surface area contributed by atoms with E-state index in [0.29, 0.717) is 31.5 Å². The molecule has 142 valence electrons. The van der Waals surface area contributed by atoms with Crippen molar-refractivity contribution in [1.29, 1.82) is 0 Å². The van der Waals surface area contributed by atoms with Gasteiger partial charge in [-0.25, -0.2) is 0 Å². The van der Waals surface area contributed by atoms with Gasteiger partial charge in [0.1, 0.15) is 0 Å². The standard InChI is InChI=1S/C20H13BrClNO4S/c21-14(6-12-4-2-1-3-5-12)8-18-19(24)23(20(25)28-18)10-13-7-16-17(9-15(13)22)27-11-26-16/h1-9H,10-11H2/b14-6-,18-8-. The normalized spacial score (nSPS) is 17.7. The van der Waals surface area contributed by atoms with Crippen molar-refractivity contribution in [3.05, 3.63) is 74.1 Å². The lowest BCUT2D eigenvalue weighted by Gasteiger charge is -2.14. The molecule has 0 saturated carbocycles. The summed E-state index contributed by atoms with van der Waals surface area (Å²) in [5.41, 5.74) is 1.60. The van der Waals surface area contributed by atoms with Crippen molar-refractivity contribution in [2.45, 2.75) is 6.54 Å². The number of hydrogen-bond donors (Lipinski definition) is 0. The fraction of sp³-hybridized carbons (Fsp3) is 0.100. The maximum absolute atomic E-state index is 12.7. The molecule has 5 nitrogen and oxygen atoms in total. The average molecular weight is 479 g/mol. The highest BCUT2D eigenvalue weighted by molar-refractivity contribution is 9.12. The lowest BCUT2D eigenvalue weighted by molar-refractivity contribution is -0.123. The molecule has 28 heavy (non-hydrogen) atoms. The number of hydrogen-bond acceptors (Lipinski definition) is 5. The zero-order chi connectivity index (χ0) is 19.7. The molecule has 0 atom stereocenters. The van der Waals surface area contributed by atoms with Crippen LogP contribution in [0.25, 0.3) is 6.08 Å². The van der Waals surface area contributed by atoms with Gasteiger partial charge in [0.15, 0.2) is 11.5 Å². The van der Waals surface area contributed by atoms with E-state index in [-0.39, 0.29) is 24.5 Å². The Bertz CT molecular complexity index is 1020. The Kier molecular flexibility index (Phi) is 5.48. The van der Waals surface area contributed by atoms with Gasteiger partial charge in [-0.3, -0.25) is 14.5 Å². The van der Waals surface area contributed by atoms with Crippen LogP contribution in [0.4, 0.5) is 4.79 Å². The maximum atomic E-state index is 12.7. The Hall–Kier alpha value is -2.22. The number of halogens is 2. The van der Waals surface area contributed by atoms with E-state index in [1.54, 1.807) is 18.2 Å². The predicted octanol–water partition coefficient (Wildman–Crippen LogP) is 5.58. The Labute approximate surface area is 179 Å². The molecule has 1 fully saturated rings. The number of nitrogens with zero attached hydrogens (tertiary/aromatic N) is 1. The quantitative estimate of drug-likeness (QED) is 0.537. The third-order valence-electron chi connectivity index (χ3n) is 4.12. The first-order chi connectivity index (χ1) is 13.5. The number of ether oxygens (including phenoxy) is 2. The van der Waals surface area contributed by atoms with Crippen LogP contribution in [0.5, 0.6) is 11.5 Å². The van der Waals surface area contributed by atoms with Gasteiger partial charge in [0.2, 0.25) is 6.79 Å². The second kappa shape index (κ2) is 8.03. The molecule has 0 bridgehead atoms. The molecule has 2 aromatic carbocycles. The first-order valence-corrected chi connectivity index (χ1v) is 10.3. The minimum Gasteiger partial charge on any atom is -0.454 e. The van der Waals surface area contributed by atoms with Crippen LogP contribution in [0.15, 0.2) is 57.9 Å². The van der Waals surface area contributed by atoms with Gasteiger partial charge in [0.25, 0.3) is 11.1 Å². The summed E-state index contributed by atoms with van der Waals surface area (Å²) in [5, 5.41) is 0.0717. The fourth-order valence-corrected chi connectivity index (χ4v) is 4.45. The number of carbonyl (C=O) groups excluding carboxylic acids is 2. The van der Waals surface area contributed by atoms with Gasteiger partial charge in [-0.05, 0) is 41.1 Å². The molecule has 0 aliphatic carbocycles. The third kappa shape index (κ3) is 3.97. The van der Waals surface area contributed by atoms with Crippen molar-refractivity contribution < 1.29 is 19.1 Å². The van der Waals surface area contributed by atoms with Crippen molar-refractivity contribution in [3.8, 4) is 11.5 Å². The van der Waals surface area contributed by atoms with E-state index < -0.39 is 0 Å². The zero-order valence-corrected chi connectivity index (χ0v) is 17.5. The molecule has 8 heteroatoms. The van der Waals surface area contributed by atoms with Gasteiger partial charge in [-0.15, -0.1) is 0 Å². The van der Waals surface area contributed by atoms with Crippen LogP contribution in [0, 0.1) is 0 Å². The van der Waals surface area contributed by atoms with E-state index in [4.69, 9.17) is 21.1 Å². The monoisotopic (exact) mass is 477 g/mol. The summed E-state index contributed by atoms with van der Waals surface area (Å²) in [6.45, 7) is 0.193. The minimum atomic E-state index is -0.359. The predicted molar refractivity (Wildman–Crippen MR) is 113 cm³/mol. The molecule has 0 radical (unpaired) electrons. The zero-order valence-electron chi connectivity index (χ0n) is 14.4. The molecular weight excluding hydrogens is 466 g/mol. The van der Waals surface area contributed by atoms with Gasteiger partial charge in [0, 0.05) is 15.6 Å². The van der Waals surface area contributed by atoms with Crippen LogP contribution in [0.3, 0.4) is 0 Å². The van der Waals surface area contributed by atoms with E-state index >= 15 is 0 Å². The number of fused-ring (bicyclic) bond motifs is 1. The highest BCUT2D eigenvalue weighted by Gasteiger charge is 2.35. The molecule has 0 unspecified atom stereocenters. The Morgan fingerprint density at radius 2 is 1.89 bits per heavy atom. The molecule has 1 saturated heterocycles. The minimum absolute atomic E-state index is 0.0670. The van der Waals surface area contributed by atoms with Crippen LogP contribution in [0.2, 0.25) is 5.02 Å². The molecule has 0 aromatic heterocycles. The smallest absolute Gasteiger partial charge is 0.293 e. The lowest BCUT2D eigenvalue weighted by Crippen LogP contribution is -2.27. The van der Waals surface area contributed by atoms with Crippen LogP contribution >= 0.6 is 39.3 Å². The summed E-state index contributed by atoms with van der Waals surface area (Å²) in [6, 6.07) is 13.0. The summed E-state index contributed by atoms with van der Waals surface area (Å²) >= 11 is 10.6. The Morgan fingerprint density at radius 1 is 1.18 bits per heavy atom. The topological polar surface area (TPSA) is 55.8 Å². The van der Waals surface area contributed by atoms with Crippen LogP contribution in [-0.2, 0) is 11.3 Å². The highest BCUT2D eigenvalue weighted by atomic mass is 79.9. The first kappa shape index (κ1) is 19.1. The maximum Gasteiger partial charge on any atom is 0.293 e. The van der Waals surface area contributed by atoms with Gasteiger partial charge < -0.3 is 9.47 Å². The molecule has 4 rings (SSSR count). The number of rotatable bonds is 4. The van der Waals surface area contributed by atoms with Gasteiger partial charge >= 0.3 is 0 Å². The summed E-state index contributed by atoms with van der Waals surface area (Å²) in [5.74, 6) is 0.746. The van der Waals surface area contributed by atoms with E-state index in [0.717, 1.165) is 17.3 Å². The largest absolute Gasteiger partial charge is 0.454 e. The Balaban J connectivity index is 1.54. The van der Waals surface area contributed by atoms with Crippen molar-refractivity contribution >= 4 is 56.5 Å². The number of amides is 2. The molecule has 2 aliphatic heterocycles. The van der Waals surface area contributed by atoms with Gasteiger partial charge in [-0.2, -0.15) is 0 Å². The van der Waals surface area contributed by atoms with Crippen LogP contribution in [0.1, 0.15) is 11.1 Å². The molecule has 0 N–H and O–H groups in total. The summed E-state index contributed by atoms with van der Waals surface area (Å²) < 4.78 is 11.3. The average Bonchev–Trinajstić information content (AvgIpc) is 3.22. The van der Waals surface area contributed by atoms with Gasteiger partial charge in [-0.1, -0.05) is 57.9 Å².